The number of carbonyl (C=O) groups excluding carboxylic acids is 1. The minimum atomic E-state index is -0.198. The van der Waals surface area contributed by atoms with E-state index in [-0.39, 0.29) is 5.91 Å². The fraction of sp³-hybridized carbons (Fsp3) is 0.0833. The van der Waals surface area contributed by atoms with E-state index >= 15 is 0 Å². The van der Waals surface area contributed by atoms with Crippen molar-refractivity contribution in [3.63, 3.8) is 0 Å². The van der Waals surface area contributed by atoms with E-state index in [2.05, 4.69) is 10.4 Å². The summed E-state index contributed by atoms with van der Waals surface area (Å²) in [5.74, 6) is 0.540. The van der Waals surface area contributed by atoms with Gasteiger partial charge in [-0.05, 0) is 59.7 Å². The molecule has 1 amide bonds. The molecular formula is C24H19Cl2N3O2. The Balaban J connectivity index is 1.31. The first-order valence-electron chi connectivity index (χ1n) is 9.61. The number of aromatic nitrogens is 2. The zero-order valence-corrected chi connectivity index (χ0v) is 18.0. The molecule has 0 fully saturated rings. The van der Waals surface area contributed by atoms with Gasteiger partial charge in [-0.1, -0.05) is 47.5 Å². The van der Waals surface area contributed by atoms with E-state index < -0.39 is 0 Å². The molecule has 5 nitrogen and oxygen atoms in total. The predicted octanol–water partition coefficient (Wildman–Crippen LogP) is 6.07. The monoisotopic (exact) mass is 451 g/mol. The molecule has 0 unspecified atom stereocenters. The number of amides is 1. The van der Waals surface area contributed by atoms with Crippen molar-refractivity contribution in [3.8, 4) is 5.75 Å². The van der Waals surface area contributed by atoms with Gasteiger partial charge in [0.2, 0.25) is 0 Å². The fourth-order valence-electron chi connectivity index (χ4n) is 2.94. The number of anilines is 1. The van der Waals surface area contributed by atoms with Crippen molar-refractivity contribution in [2.45, 2.75) is 13.2 Å². The molecule has 7 heteroatoms. The lowest BCUT2D eigenvalue weighted by molar-refractivity contribution is 0.102. The van der Waals surface area contributed by atoms with Gasteiger partial charge in [0.25, 0.3) is 5.91 Å². The van der Waals surface area contributed by atoms with E-state index in [1.165, 1.54) is 0 Å². The van der Waals surface area contributed by atoms with Crippen molar-refractivity contribution in [2.75, 3.05) is 5.32 Å². The van der Waals surface area contributed by atoms with Crippen LogP contribution >= 0.6 is 23.2 Å². The number of halogens is 2. The largest absolute Gasteiger partial charge is 0.489 e. The van der Waals surface area contributed by atoms with Gasteiger partial charge in [-0.15, -0.1) is 0 Å². The van der Waals surface area contributed by atoms with Gasteiger partial charge in [-0.2, -0.15) is 5.10 Å². The summed E-state index contributed by atoms with van der Waals surface area (Å²) in [5.41, 5.74) is 3.22. The first-order valence-corrected chi connectivity index (χ1v) is 10.4. The topological polar surface area (TPSA) is 56.2 Å². The lowest BCUT2D eigenvalue weighted by Crippen LogP contribution is -2.11. The van der Waals surface area contributed by atoms with Crippen LogP contribution in [0.25, 0.3) is 0 Å². The Morgan fingerprint density at radius 3 is 2.16 bits per heavy atom. The van der Waals surface area contributed by atoms with E-state index in [1.807, 2.05) is 48.5 Å². The van der Waals surface area contributed by atoms with E-state index in [4.69, 9.17) is 27.9 Å². The molecule has 4 aromatic rings. The molecule has 31 heavy (non-hydrogen) atoms. The molecule has 0 radical (unpaired) electrons. The highest BCUT2D eigenvalue weighted by Crippen LogP contribution is 2.18. The number of rotatable bonds is 7. The van der Waals surface area contributed by atoms with Crippen LogP contribution in [0.15, 0.2) is 85.2 Å². The molecule has 0 atom stereocenters. The molecule has 0 saturated heterocycles. The summed E-state index contributed by atoms with van der Waals surface area (Å²) in [4.78, 5) is 12.5. The van der Waals surface area contributed by atoms with Gasteiger partial charge in [0.1, 0.15) is 12.4 Å². The Bertz CT molecular complexity index is 1150. The van der Waals surface area contributed by atoms with E-state index in [0.29, 0.717) is 34.4 Å². The van der Waals surface area contributed by atoms with Gasteiger partial charge in [-0.3, -0.25) is 9.48 Å². The minimum absolute atomic E-state index is 0.198. The molecule has 0 aliphatic carbocycles. The molecule has 156 valence electrons. The lowest BCUT2D eigenvalue weighted by atomic mass is 10.1. The van der Waals surface area contributed by atoms with Crippen LogP contribution in [0.3, 0.4) is 0 Å². The predicted molar refractivity (Wildman–Crippen MR) is 123 cm³/mol. The van der Waals surface area contributed by atoms with Crippen LogP contribution in [0.5, 0.6) is 5.75 Å². The van der Waals surface area contributed by atoms with E-state index in [0.717, 1.165) is 16.9 Å². The third-order valence-electron chi connectivity index (χ3n) is 4.58. The van der Waals surface area contributed by atoms with Gasteiger partial charge >= 0.3 is 0 Å². The van der Waals surface area contributed by atoms with Gasteiger partial charge in [0.15, 0.2) is 0 Å². The van der Waals surface area contributed by atoms with Crippen LogP contribution in [-0.2, 0) is 13.2 Å². The average Bonchev–Trinajstić information content (AvgIpc) is 3.22. The molecule has 1 N–H and O–H groups in total. The summed E-state index contributed by atoms with van der Waals surface area (Å²) in [5, 5.41) is 8.53. The van der Waals surface area contributed by atoms with Crippen molar-refractivity contribution >= 4 is 34.8 Å². The third kappa shape index (κ3) is 5.87. The SMILES string of the molecule is O=C(Nc1cnn(Cc2ccc(Cl)cc2)c1)c1ccc(COc2ccc(Cl)cc2)cc1. The molecule has 0 aliphatic rings. The van der Waals surface area contributed by atoms with Gasteiger partial charge in [0.05, 0.1) is 18.4 Å². The second-order valence-corrected chi connectivity index (χ2v) is 7.82. The first-order chi connectivity index (χ1) is 15.0. The number of nitrogens with zero attached hydrogens (tertiary/aromatic N) is 2. The zero-order chi connectivity index (χ0) is 21.6. The van der Waals surface area contributed by atoms with Crippen molar-refractivity contribution in [1.29, 1.82) is 0 Å². The highest BCUT2D eigenvalue weighted by atomic mass is 35.5. The molecule has 0 bridgehead atoms. The summed E-state index contributed by atoms with van der Waals surface area (Å²) in [6.07, 6.45) is 3.42. The molecule has 0 spiro atoms. The highest BCUT2D eigenvalue weighted by molar-refractivity contribution is 6.30. The lowest BCUT2D eigenvalue weighted by Gasteiger charge is -2.07. The fourth-order valence-corrected chi connectivity index (χ4v) is 3.20. The van der Waals surface area contributed by atoms with Crippen LogP contribution < -0.4 is 10.1 Å². The second-order valence-electron chi connectivity index (χ2n) is 6.95. The van der Waals surface area contributed by atoms with Crippen LogP contribution in [-0.4, -0.2) is 15.7 Å². The summed E-state index contributed by atoms with van der Waals surface area (Å²) < 4.78 is 7.48. The summed E-state index contributed by atoms with van der Waals surface area (Å²) in [7, 11) is 0. The zero-order valence-electron chi connectivity index (χ0n) is 16.5. The number of nitrogens with one attached hydrogen (secondary N) is 1. The Kier molecular flexibility index (Phi) is 6.55. The summed E-state index contributed by atoms with van der Waals surface area (Å²) in [6, 6.07) is 22.0. The number of ether oxygens (including phenoxy) is 1. The van der Waals surface area contributed by atoms with E-state index in [9.17, 15) is 4.79 Å². The average molecular weight is 452 g/mol. The molecule has 0 aliphatic heterocycles. The maximum absolute atomic E-state index is 12.5. The minimum Gasteiger partial charge on any atom is -0.489 e. The molecule has 0 saturated carbocycles. The standard InChI is InChI=1S/C24H19Cl2N3O2/c25-20-7-3-17(4-8-20)14-29-15-22(13-27-29)28-24(30)19-5-1-18(2-6-19)16-31-23-11-9-21(26)10-12-23/h1-13,15H,14,16H2,(H,28,30). The van der Waals surface area contributed by atoms with Crippen molar-refractivity contribution in [1.82, 2.24) is 9.78 Å². The van der Waals surface area contributed by atoms with Crippen LogP contribution in [0.1, 0.15) is 21.5 Å². The second kappa shape index (κ2) is 9.69. The van der Waals surface area contributed by atoms with Crippen molar-refractivity contribution in [2.24, 2.45) is 0 Å². The Hall–Kier alpha value is -3.28. The summed E-state index contributed by atoms with van der Waals surface area (Å²) in [6.45, 7) is 0.996. The van der Waals surface area contributed by atoms with Crippen LogP contribution in [0.2, 0.25) is 10.0 Å². The van der Waals surface area contributed by atoms with Crippen LogP contribution in [0.4, 0.5) is 5.69 Å². The number of hydrogen-bond donors (Lipinski definition) is 1. The Morgan fingerprint density at radius 1 is 0.871 bits per heavy atom. The number of hydrogen-bond acceptors (Lipinski definition) is 3. The third-order valence-corrected chi connectivity index (χ3v) is 5.09. The van der Waals surface area contributed by atoms with Gasteiger partial charge in [0, 0.05) is 21.8 Å². The molecular weight excluding hydrogens is 433 g/mol. The Labute approximate surface area is 190 Å². The highest BCUT2D eigenvalue weighted by Gasteiger charge is 2.08. The number of benzene rings is 3. The molecule has 1 aromatic heterocycles. The maximum Gasteiger partial charge on any atom is 0.255 e. The summed E-state index contributed by atoms with van der Waals surface area (Å²) >= 11 is 11.8. The quantitative estimate of drug-likeness (QED) is 0.370. The molecule has 1 heterocycles. The molecule has 4 rings (SSSR count). The molecule has 3 aromatic carbocycles. The Morgan fingerprint density at radius 2 is 1.48 bits per heavy atom. The maximum atomic E-state index is 12.5. The van der Waals surface area contributed by atoms with Gasteiger partial charge < -0.3 is 10.1 Å². The van der Waals surface area contributed by atoms with Crippen LogP contribution in [0, 0.1) is 0 Å². The number of carbonyl (C=O) groups is 1. The normalized spacial score (nSPS) is 10.6. The van der Waals surface area contributed by atoms with Crippen molar-refractivity contribution in [3.05, 3.63) is 112 Å². The smallest absolute Gasteiger partial charge is 0.255 e. The van der Waals surface area contributed by atoms with Gasteiger partial charge in [-0.25, -0.2) is 0 Å². The first kappa shape index (κ1) is 21.0. The van der Waals surface area contributed by atoms with Crippen molar-refractivity contribution < 1.29 is 9.53 Å². The van der Waals surface area contributed by atoms with E-state index in [1.54, 1.807) is 41.3 Å².